The van der Waals surface area contributed by atoms with Crippen molar-refractivity contribution in [1.82, 2.24) is 4.90 Å². The molecule has 2 N–H and O–H groups in total. The number of nitriles is 1. The van der Waals surface area contributed by atoms with Crippen LogP contribution in [0.4, 0.5) is 28.0 Å². The number of piperazine rings is 1. The molecule has 1 saturated heterocycles. The summed E-state index contributed by atoms with van der Waals surface area (Å²) in [7, 11) is 0. The smallest absolute Gasteiger partial charge is 0.416 e. The summed E-state index contributed by atoms with van der Waals surface area (Å²) in [6.07, 6.45) is -3.79. The van der Waals surface area contributed by atoms with Crippen molar-refractivity contribution in [3.05, 3.63) is 29.3 Å². The van der Waals surface area contributed by atoms with E-state index in [1.807, 2.05) is 4.90 Å². The second-order valence-corrected chi connectivity index (χ2v) is 8.24. The molecule has 10 heteroatoms. The first-order chi connectivity index (χ1) is 14.6. The van der Waals surface area contributed by atoms with Crippen molar-refractivity contribution in [2.75, 3.05) is 37.6 Å². The van der Waals surface area contributed by atoms with E-state index in [-0.39, 0.29) is 11.7 Å². The standard InChI is InChI=1S/C21H26F4N4O2/c22-20(3-1-18(2-4-20)31-19(27)30)5-6-28-7-9-29(10-8-28)17-12-15(14-26)11-16(13-17)21(23,24)25/h11-13,18H,1-10H2,(H2,27,30). The average molecular weight is 442 g/mol. The Balaban J connectivity index is 1.50. The van der Waals surface area contributed by atoms with Gasteiger partial charge >= 0.3 is 12.3 Å². The van der Waals surface area contributed by atoms with Crippen LogP contribution in [0, 0.1) is 11.3 Å². The number of hydrogen-bond donors (Lipinski definition) is 1. The van der Waals surface area contributed by atoms with Crippen LogP contribution < -0.4 is 10.6 Å². The molecule has 1 saturated carbocycles. The molecule has 1 aromatic carbocycles. The number of hydrogen-bond acceptors (Lipinski definition) is 5. The van der Waals surface area contributed by atoms with Gasteiger partial charge in [-0.3, -0.25) is 4.90 Å². The van der Waals surface area contributed by atoms with Gasteiger partial charge in [0.15, 0.2) is 0 Å². The Morgan fingerprint density at radius 2 is 1.84 bits per heavy atom. The van der Waals surface area contributed by atoms with E-state index < -0.39 is 23.5 Å². The van der Waals surface area contributed by atoms with Gasteiger partial charge in [-0.05, 0) is 50.3 Å². The monoisotopic (exact) mass is 442 g/mol. The van der Waals surface area contributed by atoms with E-state index in [4.69, 9.17) is 15.7 Å². The van der Waals surface area contributed by atoms with Crippen molar-refractivity contribution < 1.29 is 27.1 Å². The molecule has 0 atom stereocenters. The molecule has 1 aromatic rings. The summed E-state index contributed by atoms with van der Waals surface area (Å²) >= 11 is 0. The van der Waals surface area contributed by atoms with Crippen molar-refractivity contribution in [3.63, 3.8) is 0 Å². The molecule has 2 aliphatic rings. The number of benzene rings is 1. The summed E-state index contributed by atoms with van der Waals surface area (Å²) in [5, 5.41) is 9.06. The predicted octanol–water partition coefficient (Wildman–Crippen LogP) is 3.84. The molecule has 170 valence electrons. The van der Waals surface area contributed by atoms with Gasteiger partial charge in [0.1, 0.15) is 11.8 Å². The number of nitrogens with two attached hydrogens (primary N) is 1. The van der Waals surface area contributed by atoms with Gasteiger partial charge in [-0.2, -0.15) is 18.4 Å². The van der Waals surface area contributed by atoms with Gasteiger partial charge in [-0.25, -0.2) is 9.18 Å². The molecule has 3 rings (SSSR count). The summed E-state index contributed by atoms with van der Waals surface area (Å²) in [5.74, 6) is 0. The summed E-state index contributed by atoms with van der Waals surface area (Å²) in [5.41, 5.74) is 3.22. The Kier molecular flexibility index (Phi) is 6.94. The Morgan fingerprint density at radius 3 is 2.39 bits per heavy atom. The molecule has 0 radical (unpaired) electrons. The molecule has 1 aliphatic heterocycles. The Bertz CT molecular complexity index is 824. The molecule has 6 nitrogen and oxygen atoms in total. The van der Waals surface area contributed by atoms with Crippen molar-refractivity contribution in [2.24, 2.45) is 5.73 Å². The molecule has 0 spiro atoms. The zero-order valence-corrected chi connectivity index (χ0v) is 17.1. The minimum Gasteiger partial charge on any atom is -0.446 e. The lowest BCUT2D eigenvalue weighted by molar-refractivity contribution is -0.137. The van der Waals surface area contributed by atoms with Crippen LogP contribution in [0.3, 0.4) is 0 Å². The molecular formula is C21H26F4N4O2. The van der Waals surface area contributed by atoms with E-state index >= 15 is 4.39 Å². The molecule has 0 unspecified atom stereocenters. The molecule has 1 aliphatic carbocycles. The van der Waals surface area contributed by atoms with E-state index in [0.29, 0.717) is 70.5 Å². The van der Waals surface area contributed by atoms with Crippen molar-refractivity contribution >= 4 is 11.8 Å². The number of nitrogens with zero attached hydrogens (tertiary/aromatic N) is 3. The van der Waals surface area contributed by atoms with Crippen LogP contribution in [0.25, 0.3) is 0 Å². The van der Waals surface area contributed by atoms with E-state index in [1.165, 1.54) is 6.07 Å². The van der Waals surface area contributed by atoms with Crippen molar-refractivity contribution in [3.8, 4) is 6.07 Å². The highest BCUT2D eigenvalue weighted by molar-refractivity contribution is 5.64. The Hall–Kier alpha value is -2.54. The lowest BCUT2D eigenvalue weighted by Crippen LogP contribution is -2.48. The van der Waals surface area contributed by atoms with Gasteiger partial charge in [0.25, 0.3) is 0 Å². The molecule has 31 heavy (non-hydrogen) atoms. The Labute approximate surface area is 178 Å². The number of amides is 1. The number of carbonyl (C=O) groups is 1. The predicted molar refractivity (Wildman–Crippen MR) is 106 cm³/mol. The quantitative estimate of drug-likeness (QED) is 0.701. The minimum atomic E-state index is -4.51. The van der Waals surface area contributed by atoms with Crippen molar-refractivity contribution in [1.29, 1.82) is 5.26 Å². The van der Waals surface area contributed by atoms with Crippen LogP contribution in [-0.2, 0) is 10.9 Å². The fourth-order valence-electron chi connectivity index (χ4n) is 4.25. The molecule has 1 heterocycles. The van der Waals surface area contributed by atoms with Crippen LogP contribution in [0.2, 0.25) is 0 Å². The average Bonchev–Trinajstić information content (AvgIpc) is 2.73. The normalized spacial score (nSPS) is 25.1. The maximum atomic E-state index is 15.1. The molecular weight excluding hydrogens is 416 g/mol. The highest BCUT2D eigenvalue weighted by Gasteiger charge is 2.37. The number of anilines is 1. The number of primary amides is 1. The highest BCUT2D eigenvalue weighted by Crippen LogP contribution is 2.36. The van der Waals surface area contributed by atoms with Gasteiger partial charge in [0, 0.05) is 38.4 Å². The first-order valence-electron chi connectivity index (χ1n) is 10.3. The summed E-state index contributed by atoms with van der Waals surface area (Å²) in [4.78, 5) is 14.7. The van der Waals surface area contributed by atoms with Crippen LogP contribution in [0.5, 0.6) is 0 Å². The number of alkyl halides is 4. The third kappa shape index (κ3) is 6.23. The fraction of sp³-hybridized carbons (Fsp3) is 0.619. The summed E-state index contributed by atoms with van der Waals surface area (Å²) < 4.78 is 59.4. The largest absolute Gasteiger partial charge is 0.446 e. The maximum Gasteiger partial charge on any atom is 0.416 e. The molecule has 2 fully saturated rings. The fourth-order valence-corrected chi connectivity index (χ4v) is 4.25. The SMILES string of the molecule is N#Cc1cc(N2CCN(CCC3(F)CCC(OC(N)=O)CC3)CC2)cc(C(F)(F)F)c1. The number of carbonyl (C=O) groups excluding carboxylic acids is 1. The van der Waals surface area contributed by atoms with Crippen LogP contribution >= 0.6 is 0 Å². The van der Waals surface area contributed by atoms with E-state index in [1.54, 1.807) is 6.07 Å². The topological polar surface area (TPSA) is 82.6 Å². The second kappa shape index (κ2) is 9.30. The van der Waals surface area contributed by atoms with Gasteiger partial charge in [0.2, 0.25) is 0 Å². The minimum absolute atomic E-state index is 0.0254. The van der Waals surface area contributed by atoms with E-state index in [0.717, 1.165) is 12.1 Å². The Morgan fingerprint density at radius 1 is 1.19 bits per heavy atom. The first kappa shape index (κ1) is 23.1. The zero-order valence-electron chi connectivity index (χ0n) is 17.1. The van der Waals surface area contributed by atoms with Gasteiger partial charge in [-0.15, -0.1) is 0 Å². The van der Waals surface area contributed by atoms with E-state index in [9.17, 15) is 18.0 Å². The van der Waals surface area contributed by atoms with Gasteiger partial charge in [0.05, 0.1) is 17.2 Å². The second-order valence-electron chi connectivity index (χ2n) is 8.24. The van der Waals surface area contributed by atoms with Gasteiger partial charge < -0.3 is 15.4 Å². The van der Waals surface area contributed by atoms with Gasteiger partial charge in [-0.1, -0.05) is 0 Å². The highest BCUT2D eigenvalue weighted by atomic mass is 19.4. The lowest BCUT2D eigenvalue weighted by Gasteiger charge is -2.39. The summed E-state index contributed by atoms with van der Waals surface area (Å²) in [6, 6.07) is 5.17. The van der Waals surface area contributed by atoms with E-state index in [2.05, 4.69) is 4.90 Å². The lowest BCUT2D eigenvalue weighted by atomic mass is 9.82. The van der Waals surface area contributed by atoms with Crippen LogP contribution in [0.1, 0.15) is 43.2 Å². The third-order valence-corrected chi connectivity index (χ3v) is 6.10. The molecule has 0 bridgehead atoms. The molecule has 1 amide bonds. The van der Waals surface area contributed by atoms with Crippen LogP contribution in [0.15, 0.2) is 18.2 Å². The summed E-state index contributed by atoms with van der Waals surface area (Å²) in [6.45, 7) is 2.75. The van der Waals surface area contributed by atoms with Crippen molar-refractivity contribution in [2.45, 2.75) is 50.1 Å². The molecule has 0 aromatic heterocycles. The third-order valence-electron chi connectivity index (χ3n) is 6.10. The van der Waals surface area contributed by atoms with Crippen LogP contribution in [-0.4, -0.2) is 55.5 Å². The number of rotatable bonds is 5. The first-order valence-corrected chi connectivity index (χ1v) is 10.3. The zero-order chi connectivity index (χ0) is 22.6. The number of ether oxygens (including phenoxy) is 1. The number of halogens is 4. The maximum absolute atomic E-state index is 15.1.